The standard InChI is InChI=1S/C14H18N2O5/c1-9(21-13(18)8-20-3)14(19)16-12-6-4-11(5-7-12)15-10(2)17/h4-7,9H,8H2,1-3H3,(H,15,17)(H,16,19)/t9-/m0/s1. The number of hydrogen-bond donors (Lipinski definition) is 2. The van der Waals surface area contributed by atoms with Gasteiger partial charge in [0.25, 0.3) is 5.91 Å². The van der Waals surface area contributed by atoms with Crippen molar-refractivity contribution < 1.29 is 23.9 Å². The minimum atomic E-state index is -0.928. The Kier molecular flexibility index (Phi) is 6.35. The molecule has 0 fully saturated rings. The van der Waals surface area contributed by atoms with Gasteiger partial charge in [0.15, 0.2) is 6.10 Å². The van der Waals surface area contributed by atoms with Crippen molar-refractivity contribution in [3.8, 4) is 0 Å². The molecular weight excluding hydrogens is 276 g/mol. The number of rotatable bonds is 6. The maximum atomic E-state index is 11.8. The highest BCUT2D eigenvalue weighted by molar-refractivity contribution is 5.95. The quantitative estimate of drug-likeness (QED) is 0.768. The van der Waals surface area contributed by atoms with E-state index in [1.165, 1.54) is 21.0 Å². The molecule has 7 heteroatoms. The lowest BCUT2D eigenvalue weighted by atomic mass is 10.2. The molecule has 0 radical (unpaired) electrons. The summed E-state index contributed by atoms with van der Waals surface area (Å²) in [6.45, 7) is 2.67. The van der Waals surface area contributed by atoms with Crippen LogP contribution in [0, 0.1) is 0 Å². The molecule has 0 aliphatic rings. The van der Waals surface area contributed by atoms with Crippen LogP contribution >= 0.6 is 0 Å². The van der Waals surface area contributed by atoms with E-state index in [2.05, 4.69) is 15.4 Å². The van der Waals surface area contributed by atoms with Crippen molar-refractivity contribution in [2.24, 2.45) is 0 Å². The third kappa shape index (κ3) is 6.05. The molecule has 0 aliphatic carbocycles. The molecule has 0 saturated heterocycles. The second-order valence-electron chi connectivity index (χ2n) is 4.31. The monoisotopic (exact) mass is 294 g/mol. The van der Waals surface area contributed by atoms with Gasteiger partial charge < -0.3 is 20.1 Å². The van der Waals surface area contributed by atoms with Crippen molar-refractivity contribution >= 4 is 29.2 Å². The van der Waals surface area contributed by atoms with Gasteiger partial charge in [-0.1, -0.05) is 0 Å². The van der Waals surface area contributed by atoms with Crippen molar-refractivity contribution in [1.82, 2.24) is 0 Å². The van der Waals surface area contributed by atoms with E-state index in [0.29, 0.717) is 11.4 Å². The van der Waals surface area contributed by atoms with Crippen molar-refractivity contribution in [3.05, 3.63) is 24.3 Å². The fourth-order valence-corrected chi connectivity index (χ4v) is 1.49. The number of esters is 1. The van der Waals surface area contributed by atoms with Crippen molar-refractivity contribution in [3.63, 3.8) is 0 Å². The van der Waals surface area contributed by atoms with Gasteiger partial charge in [-0.15, -0.1) is 0 Å². The third-order valence-electron chi connectivity index (χ3n) is 2.41. The van der Waals surface area contributed by atoms with Crippen LogP contribution in [0.15, 0.2) is 24.3 Å². The molecule has 2 amide bonds. The molecule has 1 aromatic rings. The van der Waals surface area contributed by atoms with E-state index in [4.69, 9.17) is 4.74 Å². The fraction of sp³-hybridized carbons (Fsp3) is 0.357. The van der Waals surface area contributed by atoms with Crippen LogP contribution in [0.1, 0.15) is 13.8 Å². The average Bonchev–Trinajstić information content (AvgIpc) is 2.40. The topological polar surface area (TPSA) is 93.7 Å². The van der Waals surface area contributed by atoms with Crippen molar-refractivity contribution in [2.45, 2.75) is 20.0 Å². The summed E-state index contributed by atoms with van der Waals surface area (Å²) in [5.74, 6) is -1.24. The Morgan fingerprint density at radius 1 is 1.10 bits per heavy atom. The summed E-state index contributed by atoms with van der Waals surface area (Å²) < 4.78 is 9.47. The zero-order chi connectivity index (χ0) is 15.8. The van der Waals surface area contributed by atoms with E-state index in [0.717, 1.165) is 0 Å². The largest absolute Gasteiger partial charge is 0.451 e. The predicted molar refractivity (Wildman–Crippen MR) is 76.8 cm³/mol. The van der Waals surface area contributed by atoms with E-state index >= 15 is 0 Å². The zero-order valence-electron chi connectivity index (χ0n) is 12.1. The summed E-state index contributed by atoms with van der Waals surface area (Å²) >= 11 is 0. The summed E-state index contributed by atoms with van der Waals surface area (Å²) in [6, 6.07) is 6.57. The molecule has 114 valence electrons. The van der Waals surface area contributed by atoms with E-state index in [-0.39, 0.29) is 12.5 Å². The molecule has 1 atom stereocenters. The second kappa shape index (κ2) is 8.01. The number of carbonyl (C=O) groups excluding carboxylic acids is 3. The number of carbonyl (C=O) groups is 3. The maximum absolute atomic E-state index is 11.8. The normalized spacial score (nSPS) is 11.4. The minimum Gasteiger partial charge on any atom is -0.451 e. The molecule has 0 unspecified atom stereocenters. The average molecular weight is 294 g/mol. The number of hydrogen-bond acceptors (Lipinski definition) is 5. The molecule has 1 aromatic carbocycles. The maximum Gasteiger partial charge on any atom is 0.332 e. The lowest BCUT2D eigenvalue weighted by Crippen LogP contribution is -2.31. The smallest absolute Gasteiger partial charge is 0.332 e. The zero-order valence-corrected chi connectivity index (χ0v) is 12.1. The van der Waals surface area contributed by atoms with E-state index in [9.17, 15) is 14.4 Å². The SMILES string of the molecule is COCC(=O)O[C@@H](C)C(=O)Nc1ccc(NC(C)=O)cc1. The first-order chi connectivity index (χ1) is 9.92. The first-order valence-electron chi connectivity index (χ1n) is 6.29. The summed E-state index contributed by atoms with van der Waals surface area (Å²) in [6.07, 6.45) is -0.928. The summed E-state index contributed by atoms with van der Waals surface area (Å²) in [5.41, 5.74) is 1.16. The highest BCUT2D eigenvalue weighted by Gasteiger charge is 2.17. The highest BCUT2D eigenvalue weighted by Crippen LogP contribution is 2.14. The Labute approximate surface area is 122 Å². The molecule has 0 aliphatic heterocycles. The van der Waals surface area contributed by atoms with Gasteiger partial charge in [-0.3, -0.25) is 9.59 Å². The predicted octanol–water partition coefficient (Wildman–Crippen LogP) is 1.16. The molecule has 0 saturated carbocycles. The number of anilines is 2. The van der Waals surface area contributed by atoms with Crippen molar-refractivity contribution in [1.29, 1.82) is 0 Å². The first kappa shape index (κ1) is 16.6. The highest BCUT2D eigenvalue weighted by atomic mass is 16.6. The number of amides is 2. The van der Waals surface area contributed by atoms with E-state index in [1.807, 2.05) is 0 Å². The van der Waals surface area contributed by atoms with Gasteiger partial charge >= 0.3 is 5.97 Å². The van der Waals surface area contributed by atoms with Gasteiger partial charge in [-0.25, -0.2) is 4.79 Å². The second-order valence-corrected chi connectivity index (χ2v) is 4.31. The summed E-state index contributed by atoms with van der Waals surface area (Å²) in [7, 11) is 1.36. The van der Waals surface area contributed by atoms with Crippen LogP contribution in [0.25, 0.3) is 0 Å². The molecule has 1 rings (SSSR count). The summed E-state index contributed by atoms with van der Waals surface area (Å²) in [5, 5.41) is 5.21. The van der Waals surface area contributed by atoms with Gasteiger partial charge in [0.1, 0.15) is 6.61 Å². The van der Waals surface area contributed by atoms with Crippen LogP contribution < -0.4 is 10.6 Å². The minimum absolute atomic E-state index is 0.175. The van der Waals surface area contributed by atoms with Crippen LogP contribution in [0.2, 0.25) is 0 Å². The molecule has 21 heavy (non-hydrogen) atoms. The lowest BCUT2D eigenvalue weighted by Gasteiger charge is -2.13. The van der Waals surface area contributed by atoms with Crippen LogP contribution in [0.4, 0.5) is 11.4 Å². The molecular formula is C14H18N2O5. The van der Waals surface area contributed by atoms with E-state index in [1.54, 1.807) is 24.3 Å². The van der Waals surface area contributed by atoms with Gasteiger partial charge in [-0.05, 0) is 31.2 Å². The third-order valence-corrected chi connectivity index (χ3v) is 2.41. The van der Waals surface area contributed by atoms with Crippen LogP contribution in [-0.4, -0.2) is 37.6 Å². The Morgan fingerprint density at radius 2 is 1.62 bits per heavy atom. The fourth-order valence-electron chi connectivity index (χ4n) is 1.49. The van der Waals surface area contributed by atoms with E-state index < -0.39 is 18.0 Å². The van der Waals surface area contributed by atoms with Crippen molar-refractivity contribution in [2.75, 3.05) is 24.4 Å². The Morgan fingerprint density at radius 3 is 2.10 bits per heavy atom. The molecule has 2 N–H and O–H groups in total. The Balaban J connectivity index is 2.54. The van der Waals surface area contributed by atoms with Gasteiger partial charge in [0.05, 0.1) is 0 Å². The number of methoxy groups -OCH3 is 1. The molecule has 7 nitrogen and oxygen atoms in total. The first-order valence-corrected chi connectivity index (χ1v) is 6.29. The van der Waals surface area contributed by atoms with Crippen LogP contribution in [-0.2, 0) is 23.9 Å². The molecule has 0 bridgehead atoms. The number of ether oxygens (including phenoxy) is 2. The van der Waals surface area contributed by atoms with Crippen LogP contribution in [0.3, 0.4) is 0 Å². The number of nitrogens with one attached hydrogen (secondary N) is 2. The van der Waals surface area contributed by atoms with Gasteiger partial charge in [0, 0.05) is 25.4 Å². The lowest BCUT2D eigenvalue weighted by molar-refractivity contribution is -0.156. The Bertz CT molecular complexity index is 513. The molecule has 0 aromatic heterocycles. The number of benzene rings is 1. The molecule has 0 heterocycles. The van der Waals surface area contributed by atoms with Gasteiger partial charge in [-0.2, -0.15) is 0 Å². The Hall–Kier alpha value is -2.41. The van der Waals surface area contributed by atoms with Crippen LogP contribution in [0.5, 0.6) is 0 Å². The molecule has 0 spiro atoms. The van der Waals surface area contributed by atoms with Gasteiger partial charge in [0.2, 0.25) is 5.91 Å². The summed E-state index contributed by atoms with van der Waals surface area (Å²) in [4.78, 5) is 33.9.